The lowest BCUT2D eigenvalue weighted by Gasteiger charge is -2.15. The molecule has 2 rings (SSSR count). The highest BCUT2D eigenvalue weighted by Gasteiger charge is 2.12. The van der Waals surface area contributed by atoms with Gasteiger partial charge in [-0.1, -0.05) is 96.4 Å². The van der Waals surface area contributed by atoms with Gasteiger partial charge in [-0.3, -0.25) is 0 Å². The normalized spacial score (nSPS) is 14.2. The van der Waals surface area contributed by atoms with Crippen molar-refractivity contribution in [3.8, 4) is 5.75 Å². The van der Waals surface area contributed by atoms with Gasteiger partial charge in [-0.05, 0) is 49.7 Å². The summed E-state index contributed by atoms with van der Waals surface area (Å²) in [6, 6.07) is 7.11. The Kier molecular flexibility index (Phi) is 11.1. The first-order chi connectivity index (χ1) is 15.3. The van der Waals surface area contributed by atoms with Crippen LogP contribution in [-0.2, 0) is 6.42 Å². The molecule has 0 saturated carbocycles. The first-order valence-electron chi connectivity index (χ1n) is 12.7. The predicted octanol–water partition coefficient (Wildman–Crippen LogP) is 8.43. The lowest BCUT2D eigenvalue weighted by molar-refractivity contribution is 0.389. The lowest BCUT2D eigenvalue weighted by Crippen LogP contribution is -2.07. The largest absolute Gasteiger partial charge is 0.507 e. The molecule has 1 aromatic carbocycles. The second-order valence-electron chi connectivity index (χ2n) is 10.3. The number of para-hydroxylation sites is 1. The van der Waals surface area contributed by atoms with Gasteiger partial charge in [0.05, 0.1) is 10.9 Å². The smallest absolute Gasteiger partial charge is 0.343 e. The van der Waals surface area contributed by atoms with E-state index in [-0.39, 0.29) is 5.75 Å². The van der Waals surface area contributed by atoms with E-state index in [0.717, 1.165) is 24.2 Å². The molecule has 0 saturated heterocycles. The SMILES string of the molecule is C/C(=C\Cc1c(O)c2ccccc2oc1=O)CCC[C@H](C)CCC[C@H](C)CCCC(C)C. The van der Waals surface area contributed by atoms with Crippen molar-refractivity contribution in [2.45, 2.75) is 98.8 Å². The molecule has 1 N–H and O–H groups in total. The average molecular weight is 441 g/mol. The maximum absolute atomic E-state index is 12.3. The molecule has 1 heterocycles. The highest BCUT2D eigenvalue weighted by atomic mass is 16.4. The Morgan fingerprint density at radius 2 is 1.53 bits per heavy atom. The van der Waals surface area contributed by atoms with Crippen molar-refractivity contribution in [2.24, 2.45) is 17.8 Å². The van der Waals surface area contributed by atoms with Gasteiger partial charge in [-0.2, -0.15) is 0 Å². The summed E-state index contributed by atoms with van der Waals surface area (Å²) in [6.07, 6.45) is 14.1. The van der Waals surface area contributed by atoms with E-state index in [1.165, 1.54) is 56.9 Å². The minimum atomic E-state index is -0.447. The maximum atomic E-state index is 12.3. The summed E-state index contributed by atoms with van der Waals surface area (Å²) in [6.45, 7) is 11.5. The number of fused-ring (bicyclic) bond motifs is 1. The van der Waals surface area contributed by atoms with Crippen LogP contribution in [0.2, 0.25) is 0 Å². The van der Waals surface area contributed by atoms with E-state index in [4.69, 9.17) is 4.42 Å². The van der Waals surface area contributed by atoms with E-state index in [1.807, 2.05) is 6.07 Å². The zero-order valence-electron chi connectivity index (χ0n) is 21.0. The van der Waals surface area contributed by atoms with Gasteiger partial charge in [0.25, 0.3) is 0 Å². The van der Waals surface area contributed by atoms with Crippen molar-refractivity contribution in [3.05, 3.63) is 51.9 Å². The fourth-order valence-corrected chi connectivity index (χ4v) is 4.44. The summed E-state index contributed by atoms with van der Waals surface area (Å²) in [5.41, 5.74) is 1.59. The molecule has 0 bridgehead atoms. The molecule has 2 aromatic rings. The van der Waals surface area contributed by atoms with Gasteiger partial charge in [0.15, 0.2) is 0 Å². The summed E-state index contributed by atoms with van der Waals surface area (Å²) in [5, 5.41) is 11.1. The molecule has 0 fully saturated rings. The Bertz CT molecular complexity index is 906. The average Bonchev–Trinajstić information content (AvgIpc) is 2.73. The Morgan fingerprint density at radius 1 is 0.938 bits per heavy atom. The second-order valence-corrected chi connectivity index (χ2v) is 10.3. The maximum Gasteiger partial charge on any atom is 0.343 e. The van der Waals surface area contributed by atoms with Crippen LogP contribution in [0.1, 0.15) is 98.0 Å². The molecule has 32 heavy (non-hydrogen) atoms. The quantitative estimate of drug-likeness (QED) is 0.237. The molecule has 0 aliphatic carbocycles. The van der Waals surface area contributed by atoms with Crippen LogP contribution in [0.4, 0.5) is 0 Å². The molecule has 3 heteroatoms. The molecule has 178 valence electrons. The van der Waals surface area contributed by atoms with Gasteiger partial charge in [0.1, 0.15) is 11.3 Å². The van der Waals surface area contributed by atoms with Gasteiger partial charge >= 0.3 is 5.63 Å². The number of rotatable bonds is 14. The predicted molar refractivity (Wildman–Crippen MR) is 136 cm³/mol. The monoisotopic (exact) mass is 440 g/mol. The first kappa shape index (κ1) is 26.2. The van der Waals surface area contributed by atoms with E-state index in [0.29, 0.717) is 23.0 Å². The lowest BCUT2D eigenvalue weighted by atomic mass is 9.91. The van der Waals surface area contributed by atoms with Gasteiger partial charge in [0.2, 0.25) is 0 Å². The van der Waals surface area contributed by atoms with Crippen molar-refractivity contribution < 1.29 is 9.52 Å². The third-order valence-electron chi connectivity index (χ3n) is 6.67. The molecule has 0 amide bonds. The van der Waals surface area contributed by atoms with Crippen molar-refractivity contribution in [1.29, 1.82) is 0 Å². The van der Waals surface area contributed by atoms with Crippen LogP contribution in [-0.4, -0.2) is 5.11 Å². The van der Waals surface area contributed by atoms with Gasteiger partial charge < -0.3 is 9.52 Å². The van der Waals surface area contributed by atoms with Crippen LogP contribution < -0.4 is 5.63 Å². The number of hydrogen-bond acceptors (Lipinski definition) is 3. The summed E-state index contributed by atoms with van der Waals surface area (Å²) >= 11 is 0. The molecule has 2 atom stereocenters. The van der Waals surface area contributed by atoms with Crippen LogP contribution >= 0.6 is 0 Å². The second kappa shape index (κ2) is 13.5. The number of benzene rings is 1. The van der Waals surface area contributed by atoms with E-state index in [9.17, 15) is 9.90 Å². The van der Waals surface area contributed by atoms with Gasteiger partial charge in [0, 0.05) is 6.42 Å². The summed E-state index contributed by atoms with van der Waals surface area (Å²) < 4.78 is 5.36. The third kappa shape index (κ3) is 8.84. The van der Waals surface area contributed by atoms with Crippen LogP contribution in [0.15, 0.2) is 45.1 Å². The van der Waals surface area contributed by atoms with E-state index in [2.05, 4.69) is 40.7 Å². The fourth-order valence-electron chi connectivity index (χ4n) is 4.44. The van der Waals surface area contributed by atoms with Crippen LogP contribution in [0.25, 0.3) is 11.0 Å². The van der Waals surface area contributed by atoms with Crippen molar-refractivity contribution in [1.82, 2.24) is 0 Å². The topological polar surface area (TPSA) is 50.4 Å². The molecule has 0 unspecified atom stereocenters. The van der Waals surface area contributed by atoms with E-state index >= 15 is 0 Å². The molecule has 0 spiro atoms. The molecule has 0 aliphatic rings. The van der Waals surface area contributed by atoms with Gasteiger partial charge in [-0.25, -0.2) is 4.79 Å². The van der Waals surface area contributed by atoms with Crippen LogP contribution in [0.5, 0.6) is 5.75 Å². The third-order valence-corrected chi connectivity index (χ3v) is 6.67. The highest BCUT2D eigenvalue weighted by molar-refractivity contribution is 5.83. The molecule has 3 nitrogen and oxygen atoms in total. The minimum Gasteiger partial charge on any atom is -0.507 e. The fraction of sp³-hybridized carbons (Fsp3) is 0.621. The summed E-state index contributed by atoms with van der Waals surface area (Å²) in [4.78, 5) is 12.3. The van der Waals surface area contributed by atoms with Crippen LogP contribution in [0.3, 0.4) is 0 Å². The standard InChI is InChI=1S/C29H44O3/c1-21(2)11-8-12-22(3)13-9-14-23(4)15-10-16-24(5)19-20-26-28(30)25-17-6-7-18-27(25)32-29(26)31/h6-7,17-19,21-23,30H,8-16,20H2,1-5H3/b24-19+/t22-,23-/m1/s1. The highest BCUT2D eigenvalue weighted by Crippen LogP contribution is 2.27. The van der Waals surface area contributed by atoms with E-state index in [1.54, 1.807) is 18.2 Å². The minimum absolute atomic E-state index is 0.0490. The Hall–Kier alpha value is -2.03. The van der Waals surface area contributed by atoms with E-state index < -0.39 is 5.63 Å². The van der Waals surface area contributed by atoms with Crippen molar-refractivity contribution >= 4 is 11.0 Å². The van der Waals surface area contributed by atoms with Crippen molar-refractivity contribution in [3.63, 3.8) is 0 Å². The Labute approximate surface area is 194 Å². The molecule has 0 radical (unpaired) electrons. The zero-order valence-corrected chi connectivity index (χ0v) is 21.0. The molecular formula is C29H44O3. The number of allylic oxidation sites excluding steroid dienone is 2. The first-order valence-corrected chi connectivity index (χ1v) is 12.7. The Morgan fingerprint density at radius 3 is 2.19 bits per heavy atom. The Balaban J connectivity index is 1.70. The molecular weight excluding hydrogens is 396 g/mol. The zero-order chi connectivity index (χ0) is 23.5. The number of aromatic hydroxyl groups is 1. The molecule has 1 aromatic heterocycles. The number of hydrogen-bond donors (Lipinski definition) is 1. The van der Waals surface area contributed by atoms with Crippen LogP contribution in [0, 0.1) is 17.8 Å². The molecule has 0 aliphatic heterocycles. The van der Waals surface area contributed by atoms with Crippen molar-refractivity contribution in [2.75, 3.05) is 0 Å². The summed E-state index contributed by atoms with van der Waals surface area (Å²) in [7, 11) is 0. The van der Waals surface area contributed by atoms with Gasteiger partial charge in [-0.15, -0.1) is 0 Å². The summed E-state index contributed by atoms with van der Waals surface area (Å²) in [5.74, 6) is 2.50.